The zero-order valence-corrected chi connectivity index (χ0v) is 12.9. The molecule has 1 aliphatic heterocycles. The number of likely N-dealkylation sites (tertiary alicyclic amines) is 1. The summed E-state index contributed by atoms with van der Waals surface area (Å²) in [6.45, 7) is 5.14. The lowest BCUT2D eigenvalue weighted by atomic mass is 10.0. The highest BCUT2D eigenvalue weighted by Gasteiger charge is 2.21. The molecule has 21 heavy (non-hydrogen) atoms. The van der Waals surface area contributed by atoms with Crippen LogP contribution in [0.4, 0.5) is 4.79 Å². The summed E-state index contributed by atoms with van der Waals surface area (Å²) in [5.41, 5.74) is 1.32. The molecule has 1 fully saturated rings. The SMILES string of the molecule is CCOC(=O)NCC(Cc1ccccc1)N1CCCCC1. The van der Waals surface area contributed by atoms with Gasteiger partial charge in [-0.1, -0.05) is 36.8 Å². The number of amides is 1. The van der Waals surface area contributed by atoms with E-state index in [0.717, 1.165) is 19.5 Å². The number of nitrogens with zero attached hydrogens (tertiary/aromatic N) is 1. The number of benzene rings is 1. The maximum Gasteiger partial charge on any atom is 0.407 e. The summed E-state index contributed by atoms with van der Waals surface area (Å²) in [5, 5.41) is 2.90. The Labute approximate surface area is 127 Å². The lowest BCUT2D eigenvalue weighted by Gasteiger charge is -2.34. The molecule has 0 saturated carbocycles. The van der Waals surface area contributed by atoms with Crippen LogP contribution in [0.5, 0.6) is 0 Å². The number of hydrogen-bond donors (Lipinski definition) is 1. The Kier molecular flexibility index (Phi) is 6.54. The Balaban J connectivity index is 1.94. The molecular formula is C17H26N2O2. The molecule has 0 radical (unpaired) electrons. The number of carbonyl (C=O) groups is 1. The molecule has 1 amide bonds. The maximum absolute atomic E-state index is 11.5. The third kappa shape index (κ3) is 5.38. The first-order valence-electron chi connectivity index (χ1n) is 7.98. The van der Waals surface area contributed by atoms with Crippen molar-refractivity contribution in [2.75, 3.05) is 26.2 Å². The Hall–Kier alpha value is -1.55. The number of carbonyl (C=O) groups excluding carboxylic acids is 1. The summed E-state index contributed by atoms with van der Waals surface area (Å²) in [4.78, 5) is 14.0. The smallest absolute Gasteiger partial charge is 0.407 e. The molecule has 1 aromatic rings. The van der Waals surface area contributed by atoms with Crippen LogP contribution < -0.4 is 5.32 Å². The Morgan fingerprint density at radius 2 is 1.95 bits per heavy atom. The highest BCUT2D eigenvalue weighted by atomic mass is 16.5. The molecule has 1 N–H and O–H groups in total. The van der Waals surface area contributed by atoms with Gasteiger partial charge in [-0.2, -0.15) is 0 Å². The normalized spacial score (nSPS) is 17.2. The zero-order chi connectivity index (χ0) is 14.9. The van der Waals surface area contributed by atoms with E-state index < -0.39 is 0 Å². The number of hydrogen-bond acceptors (Lipinski definition) is 3. The second-order valence-electron chi connectivity index (χ2n) is 5.54. The van der Waals surface area contributed by atoms with Gasteiger partial charge in [-0.3, -0.25) is 4.90 Å². The van der Waals surface area contributed by atoms with Crippen LogP contribution >= 0.6 is 0 Å². The number of nitrogens with one attached hydrogen (secondary N) is 1. The Morgan fingerprint density at radius 1 is 1.24 bits per heavy atom. The highest BCUT2D eigenvalue weighted by Crippen LogP contribution is 2.15. The van der Waals surface area contributed by atoms with Crippen LogP contribution in [0, 0.1) is 0 Å². The third-order valence-electron chi connectivity index (χ3n) is 3.98. The summed E-state index contributed by atoms with van der Waals surface area (Å²) >= 11 is 0. The topological polar surface area (TPSA) is 41.6 Å². The van der Waals surface area contributed by atoms with Crippen LogP contribution in [0.25, 0.3) is 0 Å². The van der Waals surface area contributed by atoms with E-state index in [1.54, 1.807) is 0 Å². The quantitative estimate of drug-likeness (QED) is 0.876. The van der Waals surface area contributed by atoms with Crippen LogP contribution in [0.15, 0.2) is 30.3 Å². The van der Waals surface area contributed by atoms with E-state index >= 15 is 0 Å². The minimum Gasteiger partial charge on any atom is -0.450 e. The van der Waals surface area contributed by atoms with Gasteiger partial charge in [0, 0.05) is 12.6 Å². The van der Waals surface area contributed by atoms with Crippen LogP contribution in [-0.4, -0.2) is 43.3 Å². The van der Waals surface area contributed by atoms with Crippen molar-refractivity contribution in [3.8, 4) is 0 Å². The zero-order valence-electron chi connectivity index (χ0n) is 12.9. The van der Waals surface area contributed by atoms with Crippen molar-refractivity contribution in [3.63, 3.8) is 0 Å². The van der Waals surface area contributed by atoms with E-state index in [4.69, 9.17) is 4.74 Å². The van der Waals surface area contributed by atoms with Crippen LogP contribution in [0.2, 0.25) is 0 Å². The third-order valence-corrected chi connectivity index (χ3v) is 3.98. The second kappa shape index (κ2) is 8.67. The summed E-state index contributed by atoms with van der Waals surface area (Å²) in [6.07, 6.45) is 4.48. The van der Waals surface area contributed by atoms with Gasteiger partial charge in [0.25, 0.3) is 0 Å². The summed E-state index contributed by atoms with van der Waals surface area (Å²) in [7, 11) is 0. The van der Waals surface area contributed by atoms with E-state index in [-0.39, 0.29) is 6.09 Å². The average molecular weight is 290 g/mol. The van der Waals surface area contributed by atoms with Crippen molar-refractivity contribution in [3.05, 3.63) is 35.9 Å². The van der Waals surface area contributed by atoms with Crippen LogP contribution in [0.1, 0.15) is 31.7 Å². The van der Waals surface area contributed by atoms with Crippen molar-refractivity contribution in [1.82, 2.24) is 10.2 Å². The molecule has 1 heterocycles. The molecule has 116 valence electrons. The fourth-order valence-electron chi connectivity index (χ4n) is 2.88. The number of rotatable bonds is 6. The minimum atomic E-state index is -0.312. The van der Waals surface area contributed by atoms with Gasteiger partial charge in [-0.25, -0.2) is 4.79 Å². The molecule has 2 rings (SSSR count). The molecule has 1 aliphatic rings. The van der Waals surface area contributed by atoms with Gasteiger partial charge in [0.05, 0.1) is 6.61 Å². The van der Waals surface area contributed by atoms with Gasteiger partial charge in [0.2, 0.25) is 0 Å². The number of alkyl carbamates (subject to hydrolysis) is 1. The first-order chi connectivity index (χ1) is 10.3. The van der Waals surface area contributed by atoms with Crippen molar-refractivity contribution < 1.29 is 9.53 Å². The number of piperidine rings is 1. The first kappa shape index (κ1) is 15.8. The fourth-order valence-corrected chi connectivity index (χ4v) is 2.88. The van der Waals surface area contributed by atoms with E-state index in [1.165, 1.54) is 24.8 Å². The van der Waals surface area contributed by atoms with Gasteiger partial charge in [0.15, 0.2) is 0 Å². The molecule has 0 aliphatic carbocycles. The Morgan fingerprint density at radius 3 is 2.62 bits per heavy atom. The first-order valence-corrected chi connectivity index (χ1v) is 7.98. The van der Waals surface area contributed by atoms with Gasteiger partial charge in [0.1, 0.15) is 0 Å². The van der Waals surface area contributed by atoms with Crippen LogP contribution in [0.3, 0.4) is 0 Å². The molecule has 4 nitrogen and oxygen atoms in total. The predicted molar refractivity (Wildman–Crippen MR) is 84.4 cm³/mol. The minimum absolute atomic E-state index is 0.312. The summed E-state index contributed by atoms with van der Waals surface area (Å²) < 4.78 is 4.96. The predicted octanol–water partition coefficient (Wildman–Crippen LogP) is 2.83. The molecular weight excluding hydrogens is 264 g/mol. The molecule has 1 aromatic carbocycles. The maximum atomic E-state index is 11.5. The largest absolute Gasteiger partial charge is 0.450 e. The lowest BCUT2D eigenvalue weighted by Crippen LogP contribution is -2.47. The Bertz CT molecular complexity index is 416. The lowest BCUT2D eigenvalue weighted by molar-refractivity contribution is 0.134. The molecule has 4 heteroatoms. The average Bonchev–Trinajstić information content (AvgIpc) is 2.53. The molecule has 0 spiro atoms. The van der Waals surface area contributed by atoms with E-state index in [2.05, 4.69) is 34.5 Å². The summed E-state index contributed by atoms with van der Waals surface area (Å²) in [5.74, 6) is 0. The monoisotopic (exact) mass is 290 g/mol. The molecule has 1 saturated heterocycles. The van der Waals surface area contributed by atoms with Crippen molar-refractivity contribution in [1.29, 1.82) is 0 Å². The molecule has 0 aromatic heterocycles. The van der Waals surface area contributed by atoms with Crippen molar-refractivity contribution in [2.45, 2.75) is 38.6 Å². The van der Waals surface area contributed by atoms with Crippen molar-refractivity contribution >= 4 is 6.09 Å². The summed E-state index contributed by atoms with van der Waals surface area (Å²) in [6, 6.07) is 10.8. The van der Waals surface area contributed by atoms with Gasteiger partial charge >= 0.3 is 6.09 Å². The molecule has 1 atom stereocenters. The van der Waals surface area contributed by atoms with Crippen LogP contribution in [-0.2, 0) is 11.2 Å². The van der Waals surface area contributed by atoms with E-state index in [1.807, 2.05) is 13.0 Å². The van der Waals surface area contributed by atoms with E-state index in [9.17, 15) is 4.79 Å². The molecule has 1 unspecified atom stereocenters. The van der Waals surface area contributed by atoms with Gasteiger partial charge < -0.3 is 10.1 Å². The van der Waals surface area contributed by atoms with Gasteiger partial charge in [-0.15, -0.1) is 0 Å². The highest BCUT2D eigenvalue weighted by molar-refractivity contribution is 5.67. The standard InChI is InChI=1S/C17H26N2O2/c1-2-21-17(20)18-14-16(19-11-7-4-8-12-19)13-15-9-5-3-6-10-15/h3,5-6,9-10,16H,2,4,7-8,11-14H2,1H3,(H,18,20). The number of ether oxygens (including phenoxy) is 1. The van der Waals surface area contributed by atoms with Crippen molar-refractivity contribution in [2.24, 2.45) is 0 Å². The molecule has 0 bridgehead atoms. The fraction of sp³-hybridized carbons (Fsp3) is 0.588. The second-order valence-corrected chi connectivity index (χ2v) is 5.54. The van der Waals surface area contributed by atoms with E-state index in [0.29, 0.717) is 19.2 Å². The van der Waals surface area contributed by atoms with Gasteiger partial charge in [-0.05, 0) is 44.8 Å².